The van der Waals surface area contributed by atoms with E-state index in [0.717, 1.165) is 11.3 Å². The molecule has 3 rings (SSSR count). The van der Waals surface area contributed by atoms with Gasteiger partial charge in [0.05, 0.1) is 33.9 Å². The summed E-state index contributed by atoms with van der Waals surface area (Å²) in [5.41, 5.74) is 4.48. The lowest BCUT2D eigenvalue weighted by molar-refractivity contribution is 0.415. The van der Waals surface area contributed by atoms with Gasteiger partial charge in [0.1, 0.15) is 17.3 Å². The van der Waals surface area contributed by atoms with Gasteiger partial charge in [-0.2, -0.15) is 5.26 Å². The fourth-order valence-corrected chi connectivity index (χ4v) is 3.23. The van der Waals surface area contributed by atoms with Gasteiger partial charge in [-0.15, -0.1) is 0 Å². The van der Waals surface area contributed by atoms with Gasteiger partial charge in [0, 0.05) is 17.3 Å². The first-order valence-electron chi connectivity index (χ1n) is 7.17. The lowest BCUT2D eigenvalue weighted by Gasteiger charge is -2.15. The highest BCUT2D eigenvalue weighted by atomic mass is 35.5. The van der Waals surface area contributed by atoms with Crippen molar-refractivity contribution in [3.8, 4) is 22.9 Å². The quantitative estimate of drug-likeness (QED) is 0.639. The van der Waals surface area contributed by atoms with E-state index >= 15 is 0 Å². The molecule has 4 nitrogen and oxygen atoms in total. The predicted octanol–water partition coefficient (Wildman–Crippen LogP) is 5.10. The average molecular weight is 358 g/mol. The van der Waals surface area contributed by atoms with Crippen LogP contribution < -0.4 is 4.74 Å². The summed E-state index contributed by atoms with van der Waals surface area (Å²) in [6.07, 6.45) is 1.65. The van der Waals surface area contributed by atoms with Crippen molar-refractivity contribution in [3.05, 3.63) is 51.3 Å². The number of aryl methyl sites for hydroxylation is 2. The smallest absolute Gasteiger partial charge is 0.138 e. The molecule has 0 atom stereocenters. The van der Waals surface area contributed by atoms with E-state index in [2.05, 4.69) is 16.0 Å². The number of hydrogen-bond acceptors (Lipinski definition) is 4. The normalized spacial score (nSPS) is 10.7. The van der Waals surface area contributed by atoms with E-state index in [1.165, 1.54) is 0 Å². The number of hydrogen-bond donors (Lipinski definition) is 0. The first kappa shape index (κ1) is 16.5. The van der Waals surface area contributed by atoms with E-state index in [1.807, 2.05) is 13.8 Å². The molecule has 24 heavy (non-hydrogen) atoms. The Labute approximate surface area is 149 Å². The van der Waals surface area contributed by atoms with Gasteiger partial charge in [0.25, 0.3) is 0 Å². The van der Waals surface area contributed by atoms with E-state index in [4.69, 9.17) is 27.9 Å². The molecule has 2 aromatic carbocycles. The van der Waals surface area contributed by atoms with Gasteiger partial charge < -0.3 is 4.74 Å². The maximum Gasteiger partial charge on any atom is 0.138 e. The van der Waals surface area contributed by atoms with Crippen molar-refractivity contribution in [2.45, 2.75) is 13.8 Å². The van der Waals surface area contributed by atoms with E-state index in [0.29, 0.717) is 43.5 Å². The molecule has 0 unspecified atom stereocenters. The number of benzene rings is 2. The number of nitriles is 1. The summed E-state index contributed by atoms with van der Waals surface area (Å²) in [6.45, 7) is 3.71. The van der Waals surface area contributed by atoms with Crippen molar-refractivity contribution >= 4 is 34.2 Å². The molecule has 1 aromatic heterocycles. The molecule has 0 N–H and O–H groups in total. The fraction of sp³-hybridized carbons (Fsp3) is 0.167. The summed E-state index contributed by atoms with van der Waals surface area (Å²) in [5, 5.41) is 10.3. The number of nitrogens with zero attached hydrogens (tertiary/aromatic N) is 3. The molecule has 0 saturated heterocycles. The third-order valence-electron chi connectivity index (χ3n) is 3.78. The highest BCUT2D eigenvalue weighted by Crippen LogP contribution is 2.44. The van der Waals surface area contributed by atoms with E-state index in [9.17, 15) is 5.26 Å². The minimum Gasteiger partial charge on any atom is -0.495 e. The Hall–Kier alpha value is -2.35. The Morgan fingerprint density at radius 1 is 1.12 bits per heavy atom. The maximum absolute atomic E-state index is 9.33. The fourth-order valence-electron chi connectivity index (χ4n) is 2.60. The second-order valence-electron chi connectivity index (χ2n) is 5.38. The molecule has 0 aliphatic rings. The summed E-state index contributed by atoms with van der Waals surface area (Å²) in [4.78, 5) is 8.92. The summed E-state index contributed by atoms with van der Waals surface area (Å²) < 4.78 is 5.34. The molecule has 0 aliphatic heterocycles. The van der Waals surface area contributed by atoms with Crippen LogP contribution in [0.4, 0.5) is 0 Å². The van der Waals surface area contributed by atoms with Crippen LogP contribution in [0.25, 0.3) is 22.2 Å². The zero-order valence-electron chi connectivity index (χ0n) is 13.3. The molecule has 6 heteroatoms. The predicted molar refractivity (Wildman–Crippen MR) is 95.7 cm³/mol. The topological polar surface area (TPSA) is 58.8 Å². The van der Waals surface area contributed by atoms with Gasteiger partial charge in [-0.05, 0) is 31.5 Å². The van der Waals surface area contributed by atoms with Crippen LogP contribution in [0.15, 0.2) is 24.4 Å². The average Bonchev–Trinajstić information content (AvgIpc) is 2.58. The molecule has 0 spiro atoms. The Kier molecular flexibility index (Phi) is 4.31. The van der Waals surface area contributed by atoms with Crippen LogP contribution in [0.1, 0.15) is 16.8 Å². The zero-order valence-corrected chi connectivity index (χ0v) is 14.8. The molecule has 1 heterocycles. The highest BCUT2D eigenvalue weighted by Gasteiger charge is 2.20. The molecule has 0 bridgehead atoms. The van der Waals surface area contributed by atoms with Gasteiger partial charge in [-0.25, -0.2) is 4.98 Å². The van der Waals surface area contributed by atoms with Crippen molar-refractivity contribution in [1.82, 2.24) is 9.97 Å². The number of rotatable bonds is 2. The van der Waals surface area contributed by atoms with Crippen LogP contribution in [0.5, 0.6) is 5.75 Å². The van der Waals surface area contributed by atoms with E-state index < -0.39 is 0 Å². The second kappa shape index (κ2) is 6.27. The molecular weight excluding hydrogens is 345 g/mol. The Morgan fingerprint density at radius 3 is 2.54 bits per heavy atom. The van der Waals surface area contributed by atoms with Crippen molar-refractivity contribution in [3.63, 3.8) is 0 Å². The number of fused-ring (bicyclic) bond motifs is 1. The summed E-state index contributed by atoms with van der Waals surface area (Å²) in [5.74, 6) is 0.533. The number of halogens is 2. The van der Waals surface area contributed by atoms with Gasteiger partial charge in [-0.3, -0.25) is 4.98 Å². The van der Waals surface area contributed by atoms with Gasteiger partial charge in [0.2, 0.25) is 0 Å². The van der Waals surface area contributed by atoms with Crippen molar-refractivity contribution in [1.29, 1.82) is 5.26 Å². The highest BCUT2D eigenvalue weighted by molar-refractivity contribution is 6.41. The standard InChI is InChI=1S/C18H13Cl2N3O/c1-9-6-13(24-3)16(20)14(15(9)19)12-5-4-11(7-21)17-18(12)22-8-10(2)23-17/h4-6,8H,1-3H3. The molecule has 0 saturated carbocycles. The van der Waals surface area contributed by atoms with Crippen molar-refractivity contribution in [2.75, 3.05) is 7.11 Å². The van der Waals surface area contributed by atoms with Gasteiger partial charge >= 0.3 is 0 Å². The number of methoxy groups -OCH3 is 1. The van der Waals surface area contributed by atoms with Crippen LogP contribution in [0.3, 0.4) is 0 Å². The molecule has 3 aromatic rings. The SMILES string of the molecule is COc1cc(C)c(Cl)c(-c2ccc(C#N)c3nc(C)cnc23)c1Cl. The monoisotopic (exact) mass is 357 g/mol. The largest absolute Gasteiger partial charge is 0.495 e. The summed E-state index contributed by atoms with van der Waals surface area (Å²) >= 11 is 13.0. The number of aromatic nitrogens is 2. The summed E-state index contributed by atoms with van der Waals surface area (Å²) in [6, 6.07) is 7.42. The van der Waals surface area contributed by atoms with Crippen LogP contribution >= 0.6 is 23.2 Å². The molecule has 0 fully saturated rings. The van der Waals surface area contributed by atoms with Crippen LogP contribution in [0, 0.1) is 25.2 Å². The first-order chi connectivity index (χ1) is 11.5. The summed E-state index contributed by atoms with van der Waals surface area (Å²) in [7, 11) is 1.55. The molecule has 0 aliphatic carbocycles. The molecular formula is C18H13Cl2N3O. The number of ether oxygens (including phenoxy) is 1. The Bertz CT molecular complexity index is 1010. The minimum absolute atomic E-state index is 0.404. The maximum atomic E-state index is 9.33. The Morgan fingerprint density at radius 2 is 1.88 bits per heavy atom. The molecule has 0 amide bonds. The van der Waals surface area contributed by atoms with Gasteiger partial charge in [-0.1, -0.05) is 29.3 Å². The molecule has 120 valence electrons. The Balaban J connectivity index is 2.45. The molecule has 0 radical (unpaired) electrons. The second-order valence-corrected chi connectivity index (χ2v) is 6.14. The lowest BCUT2D eigenvalue weighted by atomic mass is 9.99. The van der Waals surface area contributed by atoms with Crippen LogP contribution in [-0.2, 0) is 0 Å². The van der Waals surface area contributed by atoms with Gasteiger partial charge in [0.15, 0.2) is 0 Å². The third kappa shape index (κ3) is 2.56. The van der Waals surface area contributed by atoms with E-state index in [-0.39, 0.29) is 0 Å². The third-order valence-corrected chi connectivity index (χ3v) is 4.64. The van der Waals surface area contributed by atoms with Crippen LogP contribution in [-0.4, -0.2) is 17.1 Å². The van der Waals surface area contributed by atoms with E-state index in [1.54, 1.807) is 31.5 Å². The first-order valence-corrected chi connectivity index (χ1v) is 7.93. The van der Waals surface area contributed by atoms with Crippen LogP contribution in [0.2, 0.25) is 10.0 Å². The van der Waals surface area contributed by atoms with Crippen molar-refractivity contribution in [2.24, 2.45) is 0 Å². The minimum atomic E-state index is 0.404. The lowest BCUT2D eigenvalue weighted by Crippen LogP contribution is -1.96. The van der Waals surface area contributed by atoms with Crippen molar-refractivity contribution < 1.29 is 4.74 Å². The zero-order chi connectivity index (χ0) is 17.4.